The zero-order chi connectivity index (χ0) is 18.8. The Kier molecular flexibility index (Phi) is 4.65. The number of ether oxygens (including phenoxy) is 1. The van der Waals surface area contributed by atoms with Crippen molar-refractivity contribution in [3.8, 4) is 6.07 Å². The number of thiophene rings is 1. The van der Waals surface area contributed by atoms with E-state index in [0.717, 1.165) is 41.5 Å². The molecule has 136 valence electrons. The van der Waals surface area contributed by atoms with Crippen LogP contribution >= 0.6 is 11.3 Å². The van der Waals surface area contributed by atoms with E-state index in [1.807, 2.05) is 18.2 Å². The maximum absolute atomic E-state index is 12.2. The van der Waals surface area contributed by atoms with Crippen molar-refractivity contribution in [2.75, 3.05) is 11.9 Å². The number of furan rings is 1. The van der Waals surface area contributed by atoms with E-state index in [0.29, 0.717) is 16.1 Å². The molecule has 0 spiro atoms. The fraction of sp³-hybridized carbons (Fsp3) is 0.250. The highest BCUT2D eigenvalue weighted by molar-refractivity contribution is 7.16. The van der Waals surface area contributed by atoms with Crippen molar-refractivity contribution >= 4 is 39.2 Å². The number of aryl methyl sites for hydroxylation is 1. The Bertz CT molecular complexity index is 1040. The van der Waals surface area contributed by atoms with Crippen LogP contribution in [0.1, 0.15) is 39.4 Å². The highest BCUT2D eigenvalue weighted by Crippen LogP contribution is 2.37. The van der Waals surface area contributed by atoms with Crippen LogP contribution in [0.5, 0.6) is 0 Å². The Morgan fingerprint density at radius 2 is 2.07 bits per heavy atom. The number of esters is 1. The minimum absolute atomic E-state index is 0.0494. The number of nitriles is 1. The Balaban J connectivity index is 1.40. The van der Waals surface area contributed by atoms with Gasteiger partial charge < -0.3 is 14.5 Å². The second kappa shape index (κ2) is 7.25. The molecular formula is C20H16N2O4S. The summed E-state index contributed by atoms with van der Waals surface area (Å²) in [6.45, 7) is -0.441. The fourth-order valence-corrected chi connectivity index (χ4v) is 4.48. The third kappa shape index (κ3) is 3.44. The molecule has 6 nitrogen and oxygen atoms in total. The largest absolute Gasteiger partial charge is 0.450 e. The van der Waals surface area contributed by atoms with Crippen LogP contribution in [-0.2, 0) is 22.4 Å². The van der Waals surface area contributed by atoms with Gasteiger partial charge in [-0.05, 0) is 43.4 Å². The number of benzene rings is 1. The predicted molar refractivity (Wildman–Crippen MR) is 101 cm³/mol. The molecule has 7 heteroatoms. The quantitative estimate of drug-likeness (QED) is 0.690. The molecule has 0 bridgehead atoms. The van der Waals surface area contributed by atoms with Crippen LogP contribution in [0.2, 0.25) is 0 Å². The van der Waals surface area contributed by atoms with Gasteiger partial charge >= 0.3 is 5.97 Å². The van der Waals surface area contributed by atoms with E-state index in [1.165, 1.54) is 11.3 Å². The molecular weight excluding hydrogens is 364 g/mol. The molecule has 1 N–H and O–H groups in total. The second-order valence-corrected chi connectivity index (χ2v) is 7.40. The monoisotopic (exact) mass is 380 g/mol. The lowest BCUT2D eigenvalue weighted by Crippen LogP contribution is -2.20. The Hall–Kier alpha value is -3.11. The Morgan fingerprint density at radius 3 is 2.89 bits per heavy atom. The Morgan fingerprint density at radius 1 is 1.26 bits per heavy atom. The molecule has 27 heavy (non-hydrogen) atoms. The summed E-state index contributed by atoms with van der Waals surface area (Å²) in [5, 5.41) is 13.4. The van der Waals surface area contributed by atoms with E-state index in [9.17, 15) is 14.9 Å². The molecule has 2 heterocycles. The number of nitrogens with zero attached hydrogens (tertiary/aromatic N) is 1. The topological polar surface area (TPSA) is 92.3 Å². The zero-order valence-corrected chi connectivity index (χ0v) is 15.2. The molecule has 1 aliphatic rings. The predicted octanol–water partition coefficient (Wildman–Crippen LogP) is 4.04. The second-order valence-electron chi connectivity index (χ2n) is 6.30. The third-order valence-electron chi connectivity index (χ3n) is 4.50. The van der Waals surface area contributed by atoms with Crippen molar-refractivity contribution in [3.63, 3.8) is 0 Å². The lowest BCUT2D eigenvalue weighted by Gasteiger charge is -2.09. The Labute approximate surface area is 159 Å². The molecule has 3 aromatic rings. The number of hydrogen-bond acceptors (Lipinski definition) is 6. The van der Waals surface area contributed by atoms with Crippen molar-refractivity contribution in [2.45, 2.75) is 25.7 Å². The summed E-state index contributed by atoms with van der Waals surface area (Å²) in [5.41, 5.74) is 2.16. The van der Waals surface area contributed by atoms with Gasteiger partial charge in [-0.3, -0.25) is 4.79 Å². The normalized spacial score (nSPS) is 13.0. The van der Waals surface area contributed by atoms with Crippen LogP contribution in [0, 0.1) is 11.3 Å². The molecule has 1 aromatic carbocycles. The molecule has 1 amide bonds. The van der Waals surface area contributed by atoms with Gasteiger partial charge in [-0.2, -0.15) is 5.26 Å². The van der Waals surface area contributed by atoms with E-state index >= 15 is 0 Å². The van der Waals surface area contributed by atoms with E-state index in [1.54, 1.807) is 12.1 Å². The van der Waals surface area contributed by atoms with Crippen molar-refractivity contribution in [2.24, 2.45) is 0 Å². The highest BCUT2D eigenvalue weighted by atomic mass is 32.1. The van der Waals surface area contributed by atoms with Gasteiger partial charge in [0.2, 0.25) is 5.76 Å². The number of hydrogen-bond donors (Lipinski definition) is 1. The van der Waals surface area contributed by atoms with Gasteiger partial charge in [0.05, 0.1) is 5.56 Å². The van der Waals surface area contributed by atoms with Crippen LogP contribution in [0.25, 0.3) is 11.0 Å². The van der Waals surface area contributed by atoms with Gasteiger partial charge in [-0.15, -0.1) is 11.3 Å². The number of fused-ring (bicyclic) bond motifs is 2. The first-order chi connectivity index (χ1) is 13.2. The summed E-state index contributed by atoms with van der Waals surface area (Å²) in [7, 11) is 0. The molecule has 0 saturated carbocycles. The number of carbonyl (C=O) groups excluding carboxylic acids is 2. The summed E-state index contributed by atoms with van der Waals surface area (Å²) >= 11 is 1.44. The molecule has 0 aliphatic heterocycles. The summed E-state index contributed by atoms with van der Waals surface area (Å²) in [6.07, 6.45) is 3.96. The summed E-state index contributed by atoms with van der Waals surface area (Å²) < 4.78 is 10.5. The lowest BCUT2D eigenvalue weighted by molar-refractivity contribution is -0.119. The summed E-state index contributed by atoms with van der Waals surface area (Å²) in [5.74, 6) is -1.13. The molecule has 0 radical (unpaired) electrons. The molecule has 1 aliphatic carbocycles. The summed E-state index contributed by atoms with van der Waals surface area (Å²) in [6, 6.07) is 11.0. The van der Waals surface area contributed by atoms with E-state index in [2.05, 4.69) is 11.4 Å². The van der Waals surface area contributed by atoms with Crippen LogP contribution in [0.3, 0.4) is 0 Å². The van der Waals surface area contributed by atoms with E-state index in [-0.39, 0.29) is 5.76 Å². The fourth-order valence-electron chi connectivity index (χ4n) is 3.22. The van der Waals surface area contributed by atoms with Gasteiger partial charge in [0, 0.05) is 10.3 Å². The number of rotatable bonds is 4. The van der Waals surface area contributed by atoms with Crippen LogP contribution in [0.15, 0.2) is 34.7 Å². The number of amides is 1. The smallest absolute Gasteiger partial charge is 0.374 e. The minimum atomic E-state index is -0.702. The van der Waals surface area contributed by atoms with Crippen LogP contribution < -0.4 is 5.32 Å². The van der Waals surface area contributed by atoms with Crippen molar-refractivity contribution in [1.29, 1.82) is 5.26 Å². The lowest BCUT2D eigenvalue weighted by atomic mass is 9.96. The van der Waals surface area contributed by atoms with E-state index in [4.69, 9.17) is 9.15 Å². The SMILES string of the molecule is N#Cc1c(NC(=O)COC(=O)c2cc3ccccc3o2)sc2c1CCCC2. The molecule has 0 saturated heterocycles. The van der Waals surface area contributed by atoms with Crippen molar-refractivity contribution in [3.05, 3.63) is 52.1 Å². The van der Waals surface area contributed by atoms with Gasteiger partial charge in [-0.1, -0.05) is 18.2 Å². The molecule has 0 atom stereocenters. The van der Waals surface area contributed by atoms with Gasteiger partial charge in [-0.25, -0.2) is 4.79 Å². The molecule has 0 unspecified atom stereocenters. The number of anilines is 1. The van der Waals surface area contributed by atoms with Gasteiger partial charge in [0.15, 0.2) is 6.61 Å². The van der Waals surface area contributed by atoms with Gasteiger partial charge in [0.1, 0.15) is 16.7 Å². The number of carbonyl (C=O) groups is 2. The van der Waals surface area contributed by atoms with Crippen molar-refractivity contribution in [1.82, 2.24) is 0 Å². The standard InChI is InChI=1S/C20H16N2O4S/c21-10-14-13-6-2-4-8-17(13)27-19(14)22-18(23)11-25-20(24)16-9-12-5-1-3-7-15(12)26-16/h1,3,5,7,9H,2,4,6,8,11H2,(H,22,23). The van der Waals surface area contributed by atoms with Gasteiger partial charge in [0.25, 0.3) is 5.91 Å². The minimum Gasteiger partial charge on any atom is -0.450 e. The first-order valence-electron chi connectivity index (χ1n) is 8.66. The number of para-hydroxylation sites is 1. The summed E-state index contributed by atoms with van der Waals surface area (Å²) in [4.78, 5) is 25.4. The zero-order valence-electron chi connectivity index (χ0n) is 14.4. The highest BCUT2D eigenvalue weighted by Gasteiger charge is 2.22. The third-order valence-corrected chi connectivity index (χ3v) is 5.70. The first-order valence-corrected chi connectivity index (χ1v) is 9.47. The maximum atomic E-state index is 12.2. The van der Waals surface area contributed by atoms with E-state index < -0.39 is 18.5 Å². The van der Waals surface area contributed by atoms with Crippen molar-refractivity contribution < 1.29 is 18.7 Å². The average Bonchev–Trinajstić information content (AvgIpc) is 3.26. The average molecular weight is 380 g/mol. The molecule has 0 fully saturated rings. The van der Waals surface area contributed by atoms with Crippen LogP contribution in [-0.4, -0.2) is 18.5 Å². The molecule has 2 aromatic heterocycles. The maximum Gasteiger partial charge on any atom is 0.374 e. The number of nitrogens with one attached hydrogen (secondary N) is 1. The van der Waals surface area contributed by atoms with Crippen LogP contribution in [0.4, 0.5) is 5.00 Å². The first kappa shape index (κ1) is 17.3. The molecule has 4 rings (SSSR count).